The normalized spacial score (nSPS) is 17.5. The molecular formula is C16H21ClN4O. The Morgan fingerprint density at radius 2 is 1.86 bits per heavy atom. The molecule has 5 nitrogen and oxygen atoms in total. The SMILES string of the molecule is COc1ccc([NH+](C)c2nc(N)nc3c2CC(C)C3)cc1.[Cl-]. The molecule has 3 rings (SSSR count). The molecule has 118 valence electrons. The molecule has 0 amide bonds. The maximum atomic E-state index is 5.88. The fraction of sp³-hybridized carbons (Fsp3) is 0.375. The maximum Gasteiger partial charge on any atom is 0.239 e. The molecule has 6 heteroatoms. The maximum absolute atomic E-state index is 5.88. The largest absolute Gasteiger partial charge is 1.00 e. The Labute approximate surface area is 136 Å². The number of nitrogens with one attached hydrogen (secondary N) is 1. The van der Waals surface area contributed by atoms with Crippen LogP contribution in [-0.2, 0) is 12.8 Å². The van der Waals surface area contributed by atoms with Crippen LogP contribution in [0.4, 0.5) is 17.5 Å². The van der Waals surface area contributed by atoms with E-state index in [1.807, 2.05) is 12.1 Å². The Bertz CT molecular complexity index is 660. The number of hydrogen-bond donors (Lipinski definition) is 2. The van der Waals surface area contributed by atoms with E-state index >= 15 is 0 Å². The molecule has 0 spiro atoms. The molecule has 1 heterocycles. The minimum atomic E-state index is 0. The molecule has 0 fully saturated rings. The van der Waals surface area contributed by atoms with E-state index in [1.54, 1.807) is 7.11 Å². The Balaban J connectivity index is 0.00000176. The van der Waals surface area contributed by atoms with Crippen LogP contribution >= 0.6 is 0 Å². The van der Waals surface area contributed by atoms with Gasteiger partial charge in [-0.1, -0.05) is 6.92 Å². The molecule has 2 atom stereocenters. The first-order valence-electron chi connectivity index (χ1n) is 7.22. The summed E-state index contributed by atoms with van der Waals surface area (Å²) in [7, 11) is 3.76. The molecule has 1 aromatic carbocycles. The smallest absolute Gasteiger partial charge is 0.239 e. The van der Waals surface area contributed by atoms with Crippen LogP contribution in [0.25, 0.3) is 0 Å². The molecule has 0 aliphatic heterocycles. The first-order chi connectivity index (χ1) is 10.1. The Morgan fingerprint density at radius 1 is 1.18 bits per heavy atom. The number of fused-ring (bicyclic) bond motifs is 1. The lowest BCUT2D eigenvalue weighted by Gasteiger charge is -2.15. The zero-order valence-corrected chi connectivity index (χ0v) is 13.8. The first kappa shape index (κ1) is 16.5. The number of halogens is 1. The van der Waals surface area contributed by atoms with E-state index in [0.29, 0.717) is 11.9 Å². The van der Waals surface area contributed by atoms with E-state index in [0.717, 1.165) is 40.7 Å². The molecule has 0 saturated carbocycles. The fourth-order valence-electron chi connectivity index (χ4n) is 2.97. The van der Waals surface area contributed by atoms with Gasteiger partial charge in [-0.25, -0.2) is 4.98 Å². The highest BCUT2D eigenvalue weighted by Gasteiger charge is 2.29. The Hall–Kier alpha value is -1.85. The molecule has 0 saturated heterocycles. The summed E-state index contributed by atoms with van der Waals surface area (Å²) >= 11 is 0. The summed E-state index contributed by atoms with van der Waals surface area (Å²) in [6, 6.07) is 8.03. The summed E-state index contributed by atoms with van der Waals surface area (Å²) in [5.41, 5.74) is 9.38. The number of benzene rings is 1. The van der Waals surface area contributed by atoms with Crippen LogP contribution in [0.1, 0.15) is 18.2 Å². The van der Waals surface area contributed by atoms with Crippen LogP contribution < -0.4 is 27.8 Å². The topological polar surface area (TPSA) is 65.5 Å². The zero-order chi connectivity index (χ0) is 15.0. The third kappa shape index (κ3) is 3.00. The van der Waals surface area contributed by atoms with E-state index in [4.69, 9.17) is 10.5 Å². The van der Waals surface area contributed by atoms with Gasteiger partial charge in [0.2, 0.25) is 11.8 Å². The van der Waals surface area contributed by atoms with Crippen LogP contribution in [0.15, 0.2) is 24.3 Å². The monoisotopic (exact) mass is 320 g/mol. The number of anilines is 1. The highest BCUT2D eigenvalue weighted by molar-refractivity contribution is 5.47. The highest BCUT2D eigenvalue weighted by Crippen LogP contribution is 2.29. The number of quaternary nitrogens is 1. The van der Waals surface area contributed by atoms with Crippen LogP contribution in [-0.4, -0.2) is 24.1 Å². The highest BCUT2D eigenvalue weighted by atomic mass is 35.5. The Morgan fingerprint density at radius 3 is 2.50 bits per heavy atom. The number of nitrogen functional groups attached to an aromatic ring is 1. The van der Waals surface area contributed by atoms with Crippen molar-refractivity contribution < 1.29 is 22.0 Å². The van der Waals surface area contributed by atoms with Gasteiger partial charge in [0, 0.05) is 12.1 Å². The van der Waals surface area contributed by atoms with Crippen LogP contribution in [0.3, 0.4) is 0 Å². The van der Waals surface area contributed by atoms with Gasteiger partial charge in [0.1, 0.15) is 11.4 Å². The lowest BCUT2D eigenvalue weighted by Crippen LogP contribution is -3.00. The summed E-state index contributed by atoms with van der Waals surface area (Å²) < 4.78 is 5.21. The summed E-state index contributed by atoms with van der Waals surface area (Å²) in [4.78, 5) is 10.0. The van der Waals surface area contributed by atoms with Crippen molar-refractivity contribution in [2.75, 3.05) is 19.9 Å². The second kappa shape index (κ2) is 6.50. The van der Waals surface area contributed by atoms with Gasteiger partial charge in [-0.3, -0.25) is 4.90 Å². The molecule has 22 heavy (non-hydrogen) atoms. The second-order valence-corrected chi connectivity index (χ2v) is 5.72. The van der Waals surface area contributed by atoms with Gasteiger partial charge in [0.15, 0.2) is 0 Å². The van der Waals surface area contributed by atoms with E-state index in [9.17, 15) is 0 Å². The van der Waals surface area contributed by atoms with Crippen LogP contribution in [0.5, 0.6) is 5.75 Å². The van der Waals surface area contributed by atoms with Crippen molar-refractivity contribution in [3.05, 3.63) is 35.5 Å². The van der Waals surface area contributed by atoms with Crippen molar-refractivity contribution in [3.63, 3.8) is 0 Å². The van der Waals surface area contributed by atoms with Crippen molar-refractivity contribution in [1.29, 1.82) is 0 Å². The van der Waals surface area contributed by atoms with Gasteiger partial charge in [-0.2, -0.15) is 4.98 Å². The van der Waals surface area contributed by atoms with Crippen LogP contribution in [0, 0.1) is 5.92 Å². The predicted molar refractivity (Wildman–Crippen MR) is 82.2 cm³/mol. The minimum Gasteiger partial charge on any atom is -1.00 e. The van der Waals surface area contributed by atoms with E-state index in [-0.39, 0.29) is 12.4 Å². The summed E-state index contributed by atoms with van der Waals surface area (Å²) in [6.45, 7) is 2.24. The molecule has 1 aliphatic rings. The van der Waals surface area contributed by atoms with Crippen molar-refractivity contribution >= 4 is 17.5 Å². The first-order valence-corrected chi connectivity index (χ1v) is 7.22. The second-order valence-electron chi connectivity index (χ2n) is 5.72. The molecule has 2 aromatic rings. The molecular weight excluding hydrogens is 300 g/mol. The lowest BCUT2D eigenvalue weighted by molar-refractivity contribution is -0.738. The molecule has 3 N–H and O–H groups in total. The van der Waals surface area contributed by atoms with Gasteiger partial charge >= 0.3 is 0 Å². The average molecular weight is 321 g/mol. The number of ether oxygens (including phenoxy) is 1. The van der Waals surface area contributed by atoms with Gasteiger partial charge in [0.05, 0.1) is 25.4 Å². The summed E-state index contributed by atoms with van der Waals surface area (Å²) in [5.74, 6) is 2.82. The predicted octanol–water partition coefficient (Wildman–Crippen LogP) is -1.72. The molecule has 2 unspecified atom stereocenters. The summed E-state index contributed by atoms with van der Waals surface area (Å²) in [6.07, 6.45) is 2.02. The number of hydrogen-bond acceptors (Lipinski definition) is 4. The third-order valence-electron chi connectivity index (χ3n) is 4.08. The third-order valence-corrected chi connectivity index (χ3v) is 4.08. The van der Waals surface area contributed by atoms with E-state index in [1.165, 1.54) is 5.56 Å². The lowest BCUT2D eigenvalue weighted by atomic mass is 10.1. The standard InChI is InChI=1S/C16H20N4O.ClH/c1-10-8-13-14(9-10)18-16(17)19-15(13)20(2)11-4-6-12(21-3)7-5-11;/h4-7,10H,8-9H2,1-3H3,(H2,17,18,19);1H. The quantitative estimate of drug-likeness (QED) is 0.706. The van der Waals surface area contributed by atoms with Crippen molar-refractivity contribution in [2.45, 2.75) is 19.8 Å². The van der Waals surface area contributed by atoms with E-state index < -0.39 is 0 Å². The van der Waals surface area contributed by atoms with Gasteiger partial charge in [0.25, 0.3) is 0 Å². The molecule has 0 bridgehead atoms. The van der Waals surface area contributed by atoms with Gasteiger partial charge in [-0.05, 0) is 30.9 Å². The van der Waals surface area contributed by atoms with Crippen molar-refractivity contribution in [2.24, 2.45) is 5.92 Å². The molecule has 1 aliphatic carbocycles. The Kier molecular flexibility index (Phi) is 4.88. The average Bonchev–Trinajstić information content (AvgIpc) is 2.85. The number of nitrogens with zero attached hydrogens (tertiary/aromatic N) is 2. The molecule has 0 radical (unpaired) electrons. The van der Waals surface area contributed by atoms with E-state index in [2.05, 4.69) is 36.1 Å². The van der Waals surface area contributed by atoms with Crippen LogP contribution in [0.2, 0.25) is 0 Å². The van der Waals surface area contributed by atoms with Crippen molar-refractivity contribution in [1.82, 2.24) is 9.97 Å². The van der Waals surface area contributed by atoms with Gasteiger partial charge < -0.3 is 22.9 Å². The number of aromatic nitrogens is 2. The minimum absolute atomic E-state index is 0. The van der Waals surface area contributed by atoms with Crippen molar-refractivity contribution in [3.8, 4) is 5.75 Å². The van der Waals surface area contributed by atoms with Gasteiger partial charge in [-0.15, -0.1) is 0 Å². The molecule has 1 aromatic heterocycles. The zero-order valence-electron chi connectivity index (χ0n) is 13.1. The number of rotatable bonds is 3. The summed E-state index contributed by atoms with van der Waals surface area (Å²) in [5, 5.41) is 0. The number of methoxy groups -OCH3 is 1. The number of nitrogens with two attached hydrogens (primary N) is 1. The fourth-order valence-corrected chi connectivity index (χ4v) is 2.97.